The Hall–Kier alpha value is -1.64. The van der Waals surface area contributed by atoms with E-state index in [1.165, 1.54) is 0 Å². The van der Waals surface area contributed by atoms with Crippen molar-refractivity contribution in [2.75, 3.05) is 0 Å². The van der Waals surface area contributed by atoms with Crippen LogP contribution in [0.3, 0.4) is 0 Å². The fraction of sp³-hybridized carbons (Fsp3) is 0.0833. The van der Waals surface area contributed by atoms with Gasteiger partial charge in [0.15, 0.2) is 0 Å². The van der Waals surface area contributed by atoms with Crippen LogP contribution in [0.15, 0.2) is 39.7 Å². The molecule has 0 N–H and O–H groups in total. The predicted octanol–water partition coefficient (Wildman–Crippen LogP) is 2.58. The Bertz CT molecular complexity index is 690. The molecule has 0 saturated carbocycles. The van der Waals surface area contributed by atoms with Gasteiger partial charge in [0.25, 0.3) is 5.56 Å². The predicted molar refractivity (Wildman–Crippen MR) is 71.5 cm³/mol. The van der Waals surface area contributed by atoms with E-state index in [2.05, 4.69) is 27.0 Å². The molecule has 0 bridgehead atoms. The van der Waals surface area contributed by atoms with E-state index in [1.54, 1.807) is 22.9 Å². The second kappa shape index (κ2) is 5.34. The highest BCUT2D eigenvalue weighted by molar-refractivity contribution is 9.10. The van der Waals surface area contributed by atoms with Gasteiger partial charge in [-0.3, -0.25) is 4.79 Å². The number of benzene rings is 1. The molecule has 2 aromatic rings. The van der Waals surface area contributed by atoms with E-state index in [9.17, 15) is 4.79 Å². The fourth-order valence-electron chi connectivity index (χ4n) is 1.51. The van der Waals surface area contributed by atoms with Gasteiger partial charge in [-0.05, 0) is 39.2 Å². The molecule has 1 aromatic carbocycles. The minimum atomic E-state index is -0.412. The van der Waals surface area contributed by atoms with Crippen LogP contribution in [0.4, 0.5) is 0 Å². The zero-order valence-electron chi connectivity index (χ0n) is 9.10. The summed E-state index contributed by atoms with van der Waals surface area (Å²) in [6.45, 7) is 0.383. The molecule has 2 rings (SSSR count). The zero-order valence-corrected chi connectivity index (χ0v) is 11.4. The van der Waals surface area contributed by atoms with Gasteiger partial charge in [0, 0.05) is 6.20 Å². The van der Waals surface area contributed by atoms with Crippen molar-refractivity contribution in [1.82, 2.24) is 9.55 Å². The molecular weight excluding hydrogens is 318 g/mol. The maximum Gasteiger partial charge on any atom is 0.288 e. The van der Waals surface area contributed by atoms with E-state index in [0.717, 1.165) is 5.56 Å². The second-order valence-electron chi connectivity index (χ2n) is 3.56. The summed E-state index contributed by atoms with van der Waals surface area (Å²) in [7, 11) is 0. The monoisotopic (exact) mass is 323 g/mol. The summed E-state index contributed by atoms with van der Waals surface area (Å²) < 4.78 is 1.93. The van der Waals surface area contributed by atoms with Crippen LogP contribution in [-0.2, 0) is 6.54 Å². The highest BCUT2D eigenvalue weighted by atomic mass is 79.9. The van der Waals surface area contributed by atoms with Gasteiger partial charge >= 0.3 is 0 Å². The summed E-state index contributed by atoms with van der Waals surface area (Å²) in [5, 5.41) is 9.09. The van der Waals surface area contributed by atoms with Gasteiger partial charge in [-0.15, -0.1) is 0 Å². The van der Waals surface area contributed by atoms with Crippen LogP contribution in [0, 0.1) is 11.3 Å². The van der Waals surface area contributed by atoms with Gasteiger partial charge in [0.05, 0.1) is 18.2 Å². The normalized spacial score (nSPS) is 10.1. The molecule has 0 amide bonds. The van der Waals surface area contributed by atoms with Crippen molar-refractivity contribution in [1.29, 1.82) is 5.26 Å². The lowest BCUT2D eigenvalue weighted by molar-refractivity contribution is 0.755. The third kappa shape index (κ3) is 2.61. The molecule has 0 fully saturated rings. The van der Waals surface area contributed by atoms with Crippen LogP contribution in [0.25, 0.3) is 0 Å². The summed E-state index contributed by atoms with van der Waals surface area (Å²) in [4.78, 5) is 14.9. The van der Waals surface area contributed by atoms with Crippen molar-refractivity contribution < 1.29 is 0 Å². The van der Waals surface area contributed by atoms with Gasteiger partial charge in [0.1, 0.15) is 4.47 Å². The maximum absolute atomic E-state index is 11.3. The minimum Gasteiger partial charge on any atom is -0.317 e. The number of aromatic nitrogens is 2. The molecule has 0 spiro atoms. The lowest BCUT2D eigenvalue weighted by Gasteiger charge is -2.09. The molecule has 0 radical (unpaired) electrons. The first-order chi connectivity index (χ1) is 8.61. The van der Waals surface area contributed by atoms with Crippen LogP contribution in [-0.4, -0.2) is 9.55 Å². The molecule has 0 atom stereocenters. The van der Waals surface area contributed by atoms with Crippen LogP contribution in [0.5, 0.6) is 0 Å². The molecule has 90 valence electrons. The van der Waals surface area contributed by atoms with Crippen molar-refractivity contribution in [3.05, 3.63) is 61.7 Å². The Labute approximate surface area is 117 Å². The Kier molecular flexibility index (Phi) is 3.80. The van der Waals surface area contributed by atoms with E-state index in [1.807, 2.05) is 12.1 Å². The van der Waals surface area contributed by atoms with E-state index in [-0.39, 0.29) is 5.28 Å². The first-order valence-corrected chi connectivity index (χ1v) is 6.19. The molecule has 1 heterocycles. The van der Waals surface area contributed by atoms with Gasteiger partial charge in [-0.25, -0.2) is 0 Å². The highest BCUT2D eigenvalue weighted by Crippen LogP contribution is 2.14. The first-order valence-electron chi connectivity index (χ1n) is 5.02. The van der Waals surface area contributed by atoms with Crippen LogP contribution < -0.4 is 5.56 Å². The zero-order chi connectivity index (χ0) is 13.1. The van der Waals surface area contributed by atoms with E-state index < -0.39 is 5.56 Å². The molecular formula is C12H7BrClN3O. The van der Waals surface area contributed by atoms with Gasteiger partial charge < -0.3 is 4.57 Å². The minimum absolute atomic E-state index is 0.0935. The largest absolute Gasteiger partial charge is 0.317 e. The van der Waals surface area contributed by atoms with Crippen LogP contribution >= 0.6 is 27.5 Å². The smallest absolute Gasteiger partial charge is 0.288 e. The standard InChI is InChI=1S/C12H7BrClN3O/c13-10-7-17(12(14)16-11(10)18)6-9-4-2-1-3-8(9)5-15/h1-4,7H,6H2. The van der Waals surface area contributed by atoms with Crippen LogP contribution in [0.1, 0.15) is 11.1 Å². The highest BCUT2D eigenvalue weighted by Gasteiger charge is 2.07. The summed E-state index contributed by atoms with van der Waals surface area (Å²) in [6, 6.07) is 9.31. The number of rotatable bonds is 2. The molecule has 0 aliphatic carbocycles. The summed E-state index contributed by atoms with van der Waals surface area (Å²) in [5.74, 6) is 0. The number of nitriles is 1. The number of nitrogens with zero attached hydrogens (tertiary/aromatic N) is 3. The molecule has 0 unspecified atom stereocenters. The lowest BCUT2D eigenvalue weighted by atomic mass is 10.1. The molecule has 1 aromatic heterocycles. The molecule has 18 heavy (non-hydrogen) atoms. The number of hydrogen-bond donors (Lipinski definition) is 0. The molecule has 0 aliphatic heterocycles. The van der Waals surface area contributed by atoms with Crippen LogP contribution in [0.2, 0.25) is 5.28 Å². The number of halogens is 2. The maximum atomic E-state index is 11.3. The summed E-state index contributed by atoms with van der Waals surface area (Å²) >= 11 is 9.00. The average molecular weight is 325 g/mol. The second-order valence-corrected chi connectivity index (χ2v) is 4.75. The fourth-order valence-corrected chi connectivity index (χ4v) is 2.03. The van der Waals surface area contributed by atoms with Gasteiger partial charge in [0.2, 0.25) is 5.28 Å². The van der Waals surface area contributed by atoms with Crippen molar-refractivity contribution in [3.8, 4) is 6.07 Å². The van der Waals surface area contributed by atoms with Crippen molar-refractivity contribution in [3.63, 3.8) is 0 Å². The third-order valence-electron chi connectivity index (χ3n) is 2.38. The Morgan fingerprint density at radius 1 is 1.44 bits per heavy atom. The van der Waals surface area contributed by atoms with Crippen molar-refractivity contribution >= 4 is 27.5 Å². The summed E-state index contributed by atoms with van der Waals surface area (Å²) in [6.07, 6.45) is 1.56. The molecule has 0 saturated heterocycles. The quantitative estimate of drug-likeness (QED) is 0.798. The molecule has 0 aliphatic rings. The van der Waals surface area contributed by atoms with Crippen molar-refractivity contribution in [2.45, 2.75) is 6.54 Å². The Morgan fingerprint density at radius 2 is 2.17 bits per heavy atom. The van der Waals surface area contributed by atoms with Crippen molar-refractivity contribution in [2.24, 2.45) is 0 Å². The lowest BCUT2D eigenvalue weighted by Crippen LogP contribution is -2.14. The molecule has 6 heteroatoms. The summed E-state index contributed by atoms with van der Waals surface area (Å²) in [5.41, 5.74) is 0.979. The van der Waals surface area contributed by atoms with Gasteiger partial charge in [-0.1, -0.05) is 18.2 Å². The average Bonchev–Trinajstić information content (AvgIpc) is 2.36. The number of hydrogen-bond acceptors (Lipinski definition) is 3. The topological polar surface area (TPSA) is 58.7 Å². The SMILES string of the molecule is N#Cc1ccccc1Cn1cc(Br)c(=O)nc1Cl. The Morgan fingerprint density at radius 3 is 2.89 bits per heavy atom. The third-order valence-corrected chi connectivity index (χ3v) is 3.23. The van der Waals surface area contributed by atoms with Gasteiger partial charge in [-0.2, -0.15) is 10.2 Å². The molecule has 4 nitrogen and oxygen atoms in total. The van der Waals surface area contributed by atoms with E-state index in [0.29, 0.717) is 16.6 Å². The van der Waals surface area contributed by atoms with E-state index in [4.69, 9.17) is 16.9 Å². The Balaban J connectivity index is 2.44. The first kappa shape index (κ1) is 12.8. The van der Waals surface area contributed by atoms with E-state index >= 15 is 0 Å².